The van der Waals surface area contributed by atoms with Crippen LogP contribution in [0.15, 0.2) is 11.1 Å². The zero-order valence-electron chi connectivity index (χ0n) is 9.65. The van der Waals surface area contributed by atoms with Crippen molar-refractivity contribution in [3.8, 4) is 0 Å². The first-order chi connectivity index (χ1) is 7.32. The topological polar surface area (TPSA) is 52.2 Å². The van der Waals surface area contributed by atoms with E-state index in [2.05, 4.69) is 10.1 Å². The van der Waals surface area contributed by atoms with E-state index >= 15 is 0 Å². The van der Waals surface area contributed by atoms with E-state index in [1.807, 2.05) is 20.8 Å². The number of halogens is 1. The SMILES string of the molecule is Cc1nc(Cl)n2ncn(C(C)(C)C)c(=O)c12. The number of aryl methyl sites for hydroxylation is 1. The minimum Gasteiger partial charge on any atom is -0.291 e. The predicted octanol–water partition coefficient (Wildman–Crippen LogP) is 1.61. The van der Waals surface area contributed by atoms with Gasteiger partial charge >= 0.3 is 0 Å². The number of imidazole rings is 1. The quantitative estimate of drug-likeness (QED) is 0.703. The summed E-state index contributed by atoms with van der Waals surface area (Å²) in [5.41, 5.74) is 0.595. The molecule has 2 heterocycles. The third kappa shape index (κ3) is 1.51. The number of hydrogen-bond donors (Lipinski definition) is 0. The van der Waals surface area contributed by atoms with Crippen LogP contribution in [0, 0.1) is 6.92 Å². The fourth-order valence-corrected chi connectivity index (χ4v) is 1.84. The Bertz CT molecular complexity index is 606. The van der Waals surface area contributed by atoms with Crippen molar-refractivity contribution in [2.75, 3.05) is 0 Å². The molecule has 0 spiro atoms. The van der Waals surface area contributed by atoms with Crippen LogP contribution in [0.1, 0.15) is 26.5 Å². The lowest BCUT2D eigenvalue weighted by Gasteiger charge is -2.21. The van der Waals surface area contributed by atoms with Gasteiger partial charge in [0.1, 0.15) is 6.33 Å². The molecule has 2 aromatic heterocycles. The van der Waals surface area contributed by atoms with Crippen LogP contribution < -0.4 is 5.56 Å². The Hall–Kier alpha value is -1.36. The number of hydrogen-bond acceptors (Lipinski definition) is 3. The molecule has 0 saturated carbocycles. The van der Waals surface area contributed by atoms with E-state index in [1.54, 1.807) is 11.5 Å². The molecule has 16 heavy (non-hydrogen) atoms. The Morgan fingerprint density at radius 3 is 2.56 bits per heavy atom. The van der Waals surface area contributed by atoms with Crippen LogP contribution in [0.2, 0.25) is 5.28 Å². The number of fused-ring (bicyclic) bond motifs is 1. The van der Waals surface area contributed by atoms with Crippen molar-refractivity contribution in [2.45, 2.75) is 33.2 Å². The normalized spacial score (nSPS) is 12.3. The maximum absolute atomic E-state index is 12.2. The van der Waals surface area contributed by atoms with E-state index < -0.39 is 0 Å². The number of rotatable bonds is 0. The van der Waals surface area contributed by atoms with Crippen LogP contribution in [-0.2, 0) is 5.54 Å². The van der Waals surface area contributed by atoms with Crippen molar-refractivity contribution >= 4 is 17.1 Å². The summed E-state index contributed by atoms with van der Waals surface area (Å²) in [6, 6.07) is 0. The highest BCUT2D eigenvalue weighted by Gasteiger charge is 2.19. The molecular formula is C10H13ClN4O. The Balaban J connectivity index is 2.90. The zero-order valence-corrected chi connectivity index (χ0v) is 10.4. The highest BCUT2D eigenvalue weighted by molar-refractivity contribution is 6.28. The highest BCUT2D eigenvalue weighted by Crippen LogP contribution is 2.14. The predicted molar refractivity (Wildman–Crippen MR) is 62.0 cm³/mol. The third-order valence-electron chi connectivity index (χ3n) is 2.42. The van der Waals surface area contributed by atoms with Gasteiger partial charge in [-0.05, 0) is 39.3 Å². The molecule has 86 valence electrons. The van der Waals surface area contributed by atoms with Crippen molar-refractivity contribution in [3.63, 3.8) is 0 Å². The second-order valence-electron chi connectivity index (χ2n) is 4.70. The lowest BCUT2D eigenvalue weighted by molar-refractivity contribution is 0.376. The zero-order chi connectivity index (χ0) is 12.1. The smallest absolute Gasteiger partial charge is 0.280 e. The van der Waals surface area contributed by atoms with Crippen LogP contribution in [0.5, 0.6) is 0 Å². The van der Waals surface area contributed by atoms with Crippen LogP contribution in [-0.4, -0.2) is 19.2 Å². The van der Waals surface area contributed by atoms with E-state index in [-0.39, 0.29) is 16.4 Å². The second-order valence-corrected chi connectivity index (χ2v) is 5.04. The molecule has 2 aromatic rings. The van der Waals surface area contributed by atoms with Crippen LogP contribution in [0.25, 0.3) is 5.52 Å². The van der Waals surface area contributed by atoms with Crippen molar-refractivity contribution in [3.05, 3.63) is 27.7 Å². The maximum Gasteiger partial charge on any atom is 0.280 e. The van der Waals surface area contributed by atoms with Gasteiger partial charge in [-0.1, -0.05) is 0 Å². The highest BCUT2D eigenvalue weighted by atomic mass is 35.5. The molecule has 0 aromatic carbocycles. The van der Waals surface area contributed by atoms with E-state index in [9.17, 15) is 4.79 Å². The van der Waals surface area contributed by atoms with Gasteiger partial charge < -0.3 is 0 Å². The summed E-state index contributed by atoms with van der Waals surface area (Å²) in [5.74, 6) is 0. The maximum atomic E-state index is 12.2. The Morgan fingerprint density at radius 1 is 1.38 bits per heavy atom. The van der Waals surface area contributed by atoms with Crippen molar-refractivity contribution in [1.82, 2.24) is 19.2 Å². The van der Waals surface area contributed by atoms with Gasteiger partial charge in [-0.25, -0.2) is 4.98 Å². The summed E-state index contributed by atoms with van der Waals surface area (Å²) in [4.78, 5) is 16.2. The Labute approximate surface area is 97.7 Å². The van der Waals surface area contributed by atoms with Gasteiger partial charge in [0.25, 0.3) is 5.56 Å². The van der Waals surface area contributed by atoms with Crippen LogP contribution in [0.3, 0.4) is 0 Å². The number of aromatic nitrogens is 4. The standard InChI is InChI=1S/C10H13ClN4O/c1-6-7-8(16)14(10(2,3)4)5-12-15(7)9(11)13-6/h5H,1-4H3. The van der Waals surface area contributed by atoms with Crippen LogP contribution >= 0.6 is 11.6 Å². The average molecular weight is 241 g/mol. The lowest BCUT2D eigenvalue weighted by atomic mass is 10.1. The Kier molecular flexibility index (Phi) is 2.31. The molecule has 0 aliphatic heterocycles. The average Bonchev–Trinajstić information content (AvgIpc) is 2.41. The summed E-state index contributed by atoms with van der Waals surface area (Å²) in [6.07, 6.45) is 1.49. The van der Waals surface area contributed by atoms with E-state index in [0.717, 1.165) is 0 Å². The molecule has 5 nitrogen and oxygen atoms in total. The molecule has 2 rings (SSSR count). The molecular weight excluding hydrogens is 228 g/mol. The van der Waals surface area contributed by atoms with E-state index in [0.29, 0.717) is 11.2 Å². The third-order valence-corrected chi connectivity index (χ3v) is 2.66. The van der Waals surface area contributed by atoms with Gasteiger partial charge in [0, 0.05) is 5.54 Å². The summed E-state index contributed by atoms with van der Waals surface area (Å²) < 4.78 is 2.94. The van der Waals surface area contributed by atoms with Crippen molar-refractivity contribution in [1.29, 1.82) is 0 Å². The Morgan fingerprint density at radius 2 is 2.00 bits per heavy atom. The first-order valence-corrected chi connectivity index (χ1v) is 5.33. The van der Waals surface area contributed by atoms with E-state index in [1.165, 1.54) is 10.8 Å². The number of nitrogens with zero attached hydrogens (tertiary/aromatic N) is 4. The molecule has 0 amide bonds. The molecule has 0 fully saturated rings. The fourth-order valence-electron chi connectivity index (χ4n) is 1.58. The fraction of sp³-hybridized carbons (Fsp3) is 0.500. The first kappa shape index (κ1) is 11.1. The summed E-state index contributed by atoms with van der Waals surface area (Å²) >= 11 is 5.86. The van der Waals surface area contributed by atoms with Gasteiger partial charge in [-0.3, -0.25) is 9.36 Å². The lowest BCUT2D eigenvalue weighted by Crippen LogP contribution is -2.35. The largest absolute Gasteiger partial charge is 0.291 e. The summed E-state index contributed by atoms with van der Waals surface area (Å²) in [6.45, 7) is 7.58. The molecule has 0 N–H and O–H groups in total. The van der Waals surface area contributed by atoms with Crippen LogP contribution in [0.4, 0.5) is 0 Å². The molecule has 0 unspecified atom stereocenters. The second kappa shape index (κ2) is 3.31. The van der Waals surface area contributed by atoms with Gasteiger partial charge in [-0.15, -0.1) is 0 Å². The molecule has 0 saturated heterocycles. The molecule has 0 radical (unpaired) electrons. The summed E-state index contributed by atoms with van der Waals surface area (Å²) in [7, 11) is 0. The molecule has 6 heteroatoms. The van der Waals surface area contributed by atoms with Gasteiger partial charge in [0.15, 0.2) is 5.52 Å². The minimum absolute atomic E-state index is 0.126. The van der Waals surface area contributed by atoms with Gasteiger partial charge in [0.2, 0.25) is 5.28 Å². The van der Waals surface area contributed by atoms with E-state index in [4.69, 9.17) is 11.6 Å². The molecule has 0 atom stereocenters. The van der Waals surface area contributed by atoms with Crippen molar-refractivity contribution < 1.29 is 0 Å². The van der Waals surface area contributed by atoms with Gasteiger partial charge in [0.05, 0.1) is 5.69 Å². The molecule has 0 aliphatic carbocycles. The van der Waals surface area contributed by atoms with Gasteiger partial charge in [-0.2, -0.15) is 9.61 Å². The minimum atomic E-state index is -0.310. The molecule has 0 aliphatic rings. The first-order valence-electron chi connectivity index (χ1n) is 4.95. The monoisotopic (exact) mass is 240 g/mol. The van der Waals surface area contributed by atoms with Crippen molar-refractivity contribution in [2.24, 2.45) is 0 Å². The summed E-state index contributed by atoms with van der Waals surface area (Å²) in [5, 5.41) is 4.33. The molecule has 0 bridgehead atoms.